The van der Waals surface area contributed by atoms with Gasteiger partial charge >= 0.3 is 0 Å². The summed E-state index contributed by atoms with van der Waals surface area (Å²) in [7, 11) is 0. The van der Waals surface area contributed by atoms with Crippen LogP contribution in [0, 0.1) is 4.84 Å². The fourth-order valence-electron chi connectivity index (χ4n) is 4.61. The Morgan fingerprint density at radius 1 is 0.758 bits per heavy atom. The van der Waals surface area contributed by atoms with Crippen LogP contribution in [0.5, 0.6) is 0 Å². The van der Waals surface area contributed by atoms with E-state index < -0.39 is 0 Å². The van der Waals surface area contributed by atoms with Gasteiger partial charge in [0.15, 0.2) is 0 Å². The Balaban J connectivity index is 1.21. The van der Waals surface area contributed by atoms with Crippen LogP contribution < -0.4 is 0 Å². The number of rotatable bonds is 16. The number of unbranched alkanes of at least 4 members (excludes halogenated alkanes) is 11. The van der Waals surface area contributed by atoms with Crippen LogP contribution in [0.4, 0.5) is 0 Å². The SMILES string of the molecule is CCCCCCCCCCCCCCN1CCN(Cn2nc(-c3ccccc3)oc2=S)CC1. The number of hydrogen-bond donors (Lipinski definition) is 0. The van der Waals surface area contributed by atoms with Crippen molar-refractivity contribution in [2.24, 2.45) is 0 Å². The Kier molecular flexibility index (Phi) is 12.2. The molecule has 6 heteroatoms. The molecule has 33 heavy (non-hydrogen) atoms. The Bertz CT molecular complexity index is 811. The minimum atomic E-state index is 0.452. The van der Waals surface area contributed by atoms with Crippen LogP contribution in [0.3, 0.4) is 0 Å². The molecular weight excluding hydrogens is 428 g/mol. The minimum Gasteiger partial charge on any atom is -0.409 e. The molecule has 1 aromatic carbocycles. The summed E-state index contributed by atoms with van der Waals surface area (Å²) in [4.78, 5) is 5.49. The number of aromatic nitrogens is 2. The molecule has 0 aliphatic carbocycles. The van der Waals surface area contributed by atoms with E-state index in [0.29, 0.717) is 17.4 Å². The van der Waals surface area contributed by atoms with E-state index in [1.807, 2.05) is 35.0 Å². The standard InChI is InChI=1S/C27H44N4OS/c1-2-3-4-5-6-7-8-9-10-11-12-16-19-29-20-22-30(23-21-29)24-31-27(33)32-26(28-31)25-17-14-13-15-18-25/h13-15,17-18H,2-12,16,19-24H2,1H3. The maximum Gasteiger partial charge on any atom is 0.288 e. The summed E-state index contributed by atoms with van der Waals surface area (Å²) in [6.45, 7) is 8.64. The molecule has 1 fully saturated rings. The minimum absolute atomic E-state index is 0.452. The molecule has 1 aromatic heterocycles. The van der Waals surface area contributed by atoms with Gasteiger partial charge in [0.2, 0.25) is 5.89 Å². The Hall–Kier alpha value is -1.50. The molecule has 0 unspecified atom stereocenters. The van der Waals surface area contributed by atoms with Crippen molar-refractivity contribution >= 4 is 12.2 Å². The number of piperazine rings is 1. The van der Waals surface area contributed by atoms with Crippen LogP contribution in [0.15, 0.2) is 34.7 Å². The van der Waals surface area contributed by atoms with Gasteiger partial charge < -0.3 is 9.32 Å². The van der Waals surface area contributed by atoms with Gasteiger partial charge in [0, 0.05) is 31.7 Å². The molecular formula is C27H44N4OS. The van der Waals surface area contributed by atoms with Gasteiger partial charge in [-0.25, -0.2) is 4.68 Å². The second-order valence-corrected chi connectivity index (χ2v) is 9.88. The summed E-state index contributed by atoms with van der Waals surface area (Å²) in [5, 5.41) is 4.60. The zero-order valence-corrected chi connectivity index (χ0v) is 21.5. The van der Waals surface area contributed by atoms with Gasteiger partial charge in [-0.1, -0.05) is 95.8 Å². The summed E-state index contributed by atoms with van der Waals surface area (Å²) >= 11 is 5.40. The highest BCUT2D eigenvalue weighted by atomic mass is 32.1. The zero-order valence-electron chi connectivity index (χ0n) is 20.7. The van der Waals surface area contributed by atoms with E-state index in [1.54, 1.807) is 0 Å². The van der Waals surface area contributed by atoms with Gasteiger partial charge in [0.05, 0.1) is 6.67 Å². The Morgan fingerprint density at radius 2 is 1.30 bits per heavy atom. The van der Waals surface area contributed by atoms with Crippen LogP contribution in [-0.4, -0.2) is 52.3 Å². The largest absolute Gasteiger partial charge is 0.409 e. The van der Waals surface area contributed by atoms with Crippen LogP contribution in [0.2, 0.25) is 0 Å². The van der Waals surface area contributed by atoms with Crippen molar-refractivity contribution in [3.8, 4) is 11.5 Å². The first-order valence-corrected chi connectivity index (χ1v) is 13.7. The molecule has 0 spiro atoms. The van der Waals surface area contributed by atoms with E-state index in [9.17, 15) is 0 Å². The first-order chi connectivity index (χ1) is 16.3. The lowest BCUT2D eigenvalue weighted by atomic mass is 10.1. The molecule has 1 aliphatic rings. The van der Waals surface area contributed by atoms with Crippen molar-refractivity contribution in [1.82, 2.24) is 19.6 Å². The maximum atomic E-state index is 5.72. The Morgan fingerprint density at radius 3 is 1.91 bits per heavy atom. The van der Waals surface area contributed by atoms with Crippen molar-refractivity contribution in [3.63, 3.8) is 0 Å². The van der Waals surface area contributed by atoms with Crippen LogP contribution in [0.25, 0.3) is 11.5 Å². The number of nitrogens with zero attached hydrogens (tertiary/aromatic N) is 4. The first-order valence-electron chi connectivity index (χ1n) is 13.3. The highest BCUT2D eigenvalue weighted by molar-refractivity contribution is 7.71. The normalized spacial score (nSPS) is 15.3. The van der Waals surface area contributed by atoms with E-state index in [4.69, 9.17) is 16.6 Å². The van der Waals surface area contributed by atoms with E-state index in [-0.39, 0.29) is 0 Å². The predicted octanol–water partition coefficient (Wildman–Crippen LogP) is 7.15. The van der Waals surface area contributed by atoms with Gasteiger partial charge in [-0.15, -0.1) is 5.10 Å². The average Bonchev–Trinajstić information content (AvgIpc) is 3.21. The third-order valence-electron chi connectivity index (χ3n) is 6.75. The molecule has 0 amide bonds. The van der Waals surface area contributed by atoms with E-state index in [0.717, 1.165) is 31.7 Å². The highest BCUT2D eigenvalue weighted by Crippen LogP contribution is 2.18. The smallest absolute Gasteiger partial charge is 0.288 e. The summed E-state index contributed by atoms with van der Waals surface area (Å²) < 4.78 is 7.54. The molecule has 5 nitrogen and oxygen atoms in total. The first kappa shape index (κ1) is 26.1. The van der Waals surface area contributed by atoms with Crippen molar-refractivity contribution in [3.05, 3.63) is 35.2 Å². The number of benzene rings is 1. The van der Waals surface area contributed by atoms with E-state index in [1.165, 1.54) is 83.6 Å². The second kappa shape index (κ2) is 15.4. The topological polar surface area (TPSA) is 37.4 Å². The quantitative estimate of drug-likeness (QED) is 0.192. The third-order valence-corrected chi connectivity index (χ3v) is 7.05. The maximum absolute atomic E-state index is 5.72. The van der Waals surface area contributed by atoms with Gasteiger partial charge in [0.25, 0.3) is 4.84 Å². The molecule has 184 valence electrons. The monoisotopic (exact) mass is 472 g/mol. The molecule has 0 atom stereocenters. The van der Waals surface area contributed by atoms with E-state index in [2.05, 4.69) is 21.8 Å². The molecule has 1 saturated heterocycles. The molecule has 1 aliphatic heterocycles. The van der Waals surface area contributed by atoms with Crippen molar-refractivity contribution in [2.75, 3.05) is 32.7 Å². The lowest BCUT2D eigenvalue weighted by Crippen LogP contribution is -2.47. The van der Waals surface area contributed by atoms with Crippen molar-refractivity contribution < 1.29 is 4.42 Å². The van der Waals surface area contributed by atoms with E-state index >= 15 is 0 Å². The van der Waals surface area contributed by atoms with Crippen molar-refractivity contribution in [1.29, 1.82) is 0 Å². The Labute approximate surface area is 206 Å². The van der Waals surface area contributed by atoms with Gasteiger partial charge in [-0.2, -0.15) is 0 Å². The van der Waals surface area contributed by atoms with Crippen LogP contribution in [0.1, 0.15) is 84.0 Å². The lowest BCUT2D eigenvalue weighted by molar-refractivity contribution is 0.100. The van der Waals surface area contributed by atoms with Gasteiger partial charge in [-0.05, 0) is 37.3 Å². The third kappa shape index (κ3) is 9.71. The molecule has 2 heterocycles. The predicted molar refractivity (Wildman–Crippen MR) is 140 cm³/mol. The van der Waals surface area contributed by atoms with Gasteiger partial charge in [-0.3, -0.25) is 4.90 Å². The number of hydrogen-bond acceptors (Lipinski definition) is 5. The fourth-order valence-corrected chi connectivity index (χ4v) is 4.79. The zero-order chi connectivity index (χ0) is 23.1. The van der Waals surface area contributed by atoms with Gasteiger partial charge in [0.1, 0.15) is 0 Å². The summed E-state index contributed by atoms with van der Waals surface area (Å²) in [5.41, 5.74) is 0.967. The van der Waals surface area contributed by atoms with Crippen LogP contribution >= 0.6 is 12.2 Å². The molecule has 0 N–H and O–H groups in total. The molecule has 3 rings (SSSR count). The van der Waals surface area contributed by atoms with Crippen molar-refractivity contribution in [2.45, 2.75) is 90.6 Å². The summed E-state index contributed by atoms with van der Waals surface area (Å²) in [5.74, 6) is 0.603. The molecule has 0 bridgehead atoms. The average molecular weight is 473 g/mol. The summed E-state index contributed by atoms with van der Waals surface area (Å²) in [6.07, 6.45) is 17.0. The highest BCUT2D eigenvalue weighted by Gasteiger charge is 2.18. The molecule has 0 saturated carbocycles. The summed E-state index contributed by atoms with van der Waals surface area (Å²) in [6, 6.07) is 9.97. The molecule has 0 radical (unpaired) electrons. The second-order valence-electron chi connectivity index (χ2n) is 9.53. The van der Waals surface area contributed by atoms with Crippen LogP contribution in [-0.2, 0) is 6.67 Å². The lowest BCUT2D eigenvalue weighted by Gasteiger charge is -2.34. The fraction of sp³-hybridized carbons (Fsp3) is 0.704. The molecule has 2 aromatic rings.